The molecule has 3 fully saturated rings. The van der Waals surface area contributed by atoms with Gasteiger partial charge in [-0.25, -0.2) is 0 Å². The molecule has 0 saturated carbocycles. The van der Waals surface area contributed by atoms with Gasteiger partial charge in [-0.2, -0.15) is 0 Å². The quantitative estimate of drug-likeness (QED) is 0.615. The van der Waals surface area contributed by atoms with Crippen molar-refractivity contribution in [3.05, 3.63) is 0 Å². The normalized spacial score (nSPS) is 42.9. The van der Waals surface area contributed by atoms with Crippen molar-refractivity contribution < 1.29 is 14.3 Å². The number of piperidine rings is 2. The molecular formula is C12H19NO3. The number of hydrogen-bond acceptors (Lipinski definition) is 4. The first-order valence-corrected chi connectivity index (χ1v) is 6.20. The third kappa shape index (κ3) is 1.60. The van der Waals surface area contributed by atoms with Crippen LogP contribution in [0.2, 0.25) is 0 Å². The Kier molecular flexibility index (Phi) is 2.35. The predicted molar refractivity (Wildman–Crippen MR) is 58.0 cm³/mol. The lowest BCUT2D eigenvalue weighted by Crippen LogP contribution is -2.59. The zero-order valence-electron chi connectivity index (χ0n) is 9.94. The first-order valence-electron chi connectivity index (χ1n) is 6.20. The maximum atomic E-state index is 12.3. The fourth-order valence-corrected chi connectivity index (χ4v) is 3.16. The van der Waals surface area contributed by atoms with Crippen molar-refractivity contribution in [2.75, 3.05) is 13.1 Å². The van der Waals surface area contributed by atoms with Gasteiger partial charge in [-0.3, -0.25) is 9.69 Å². The van der Waals surface area contributed by atoms with E-state index in [2.05, 4.69) is 4.90 Å². The smallest absolute Gasteiger partial charge is 0.181 e. The van der Waals surface area contributed by atoms with Crippen LogP contribution in [0.1, 0.15) is 33.1 Å². The van der Waals surface area contributed by atoms with Gasteiger partial charge in [0, 0.05) is 6.54 Å². The SMILES string of the molecule is CC1(C)O[C@H]2CN3CCCC[C@@H]3C(=O)[C@@H]2O1. The van der Waals surface area contributed by atoms with Crippen LogP contribution in [0.3, 0.4) is 0 Å². The molecule has 16 heavy (non-hydrogen) atoms. The fourth-order valence-electron chi connectivity index (χ4n) is 3.16. The third-order valence-electron chi connectivity index (χ3n) is 3.82. The lowest BCUT2D eigenvalue weighted by atomic mass is 9.89. The molecule has 3 rings (SSSR count). The summed E-state index contributed by atoms with van der Waals surface area (Å²) >= 11 is 0. The van der Waals surface area contributed by atoms with Gasteiger partial charge in [0.2, 0.25) is 0 Å². The van der Waals surface area contributed by atoms with E-state index in [0.717, 1.165) is 25.9 Å². The number of ketones is 1. The molecule has 0 aromatic carbocycles. The van der Waals surface area contributed by atoms with Crippen molar-refractivity contribution >= 4 is 5.78 Å². The highest BCUT2D eigenvalue weighted by Crippen LogP contribution is 2.35. The molecule has 0 aromatic rings. The summed E-state index contributed by atoms with van der Waals surface area (Å²) in [7, 11) is 0. The lowest BCUT2D eigenvalue weighted by Gasteiger charge is -2.41. The summed E-state index contributed by atoms with van der Waals surface area (Å²) in [5, 5.41) is 0. The predicted octanol–water partition coefficient (Wildman–Crippen LogP) is 0.944. The molecule has 3 atom stereocenters. The molecule has 0 aromatic heterocycles. The first-order chi connectivity index (χ1) is 7.57. The minimum absolute atomic E-state index is 0.0585. The van der Waals surface area contributed by atoms with Crippen LogP contribution in [0, 0.1) is 0 Å². The standard InChI is InChI=1S/C12H19NO3/c1-12(2)15-9-7-13-6-4-3-5-8(13)10(14)11(9)16-12/h8-9,11H,3-7H2,1-2H3/t8-,9+,11-/m1/s1. The molecule has 0 radical (unpaired) electrons. The second-order valence-electron chi connectivity index (χ2n) is 5.50. The minimum Gasteiger partial charge on any atom is -0.343 e. The monoisotopic (exact) mass is 225 g/mol. The summed E-state index contributed by atoms with van der Waals surface area (Å²) in [6.07, 6.45) is 2.97. The molecule has 3 heterocycles. The molecule has 0 aliphatic carbocycles. The summed E-state index contributed by atoms with van der Waals surface area (Å²) in [5.74, 6) is -0.360. The van der Waals surface area contributed by atoms with Crippen LogP contribution < -0.4 is 0 Å². The molecule has 0 spiro atoms. The molecule has 4 nitrogen and oxygen atoms in total. The van der Waals surface area contributed by atoms with Crippen LogP contribution in [-0.2, 0) is 14.3 Å². The number of nitrogens with zero attached hydrogens (tertiary/aromatic N) is 1. The second kappa shape index (κ2) is 3.52. The average Bonchev–Trinajstić information content (AvgIpc) is 2.53. The minimum atomic E-state index is -0.598. The zero-order chi connectivity index (χ0) is 11.3. The van der Waals surface area contributed by atoms with E-state index in [1.54, 1.807) is 0 Å². The number of Topliss-reactive ketones (excluding diaryl/α,β-unsaturated/α-hetero) is 1. The second-order valence-corrected chi connectivity index (χ2v) is 5.50. The van der Waals surface area contributed by atoms with Gasteiger partial charge in [-0.1, -0.05) is 6.42 Å². The van der Waals surface area contributed by atoms with Gasteiger partial charge in [-0.15, -0.1) is 0 Å². The van der Waals surface area contributed by atoms with E-state index in [0.29, 0.717) is 0 Å². The van der Waals surface area contributed by atoms with Crippen LogP contribution in [0.4, 0.5) is 0 Å². The highest BCUT2D eigenvalue weighted by Gasteiger charge is 2.52. The van der Waals surface area contributed by atoms with Gasteiger partial charge in [0.15, 0.2) is 11.6 Å². The molecule has 0 bridgehead atoms. The summed E-state index contributed by atoms with van der Waals surface area (Å²) in [6, 6.07) is 0.0903. The van der Waals surface area contributed by atoms with Gasteiger partial charge in [0.25, 0.3) is 0 Å². The summed E-state index contributed by atoms with van der Waals surface area (Å²) < 4.78 is 11.5. The Balaban J connectivity index is 1.82. The number of fused-ring (bicyclic) bond motifs is 2. The van der Waals surface area contributed by atoms with Crippen LogP contribution in [0.5, 0.6) is 0 Å². The van der Waals surface area contributed by atoms with E-state index >= 15 is 0 Å². The van der Waals surface area contributed by atoms with Gasteiger partial charge in [-0.05, 0) is 33.2 Å². The van der Waals surface area contributed by atoms with Gasteiger partial charge < -0.3 is 9.47 Å². The first kappa shape index (κ1) is 10.7. The Morgan fingerprint density at radius 1 is 1.31 bits per heavy atom. The summed E-state index contributed by atoms with van der Waals surface area (Å²) in [6.45, 7) is 5.66. The van der Waals surface area contributed by atoms with Gasteiger partial charge in [0.1, 0.15) is 12.2 Å². The average molecular weight is 225 g/mol. The largest absolute Gasteiger partial charge is 0.343 e. The number of carbonyl (C=O) groups is 1. The summed E-state index contributed by atoms with van der Waals surface area (Å²) in [5.41, 5.74) is 0. The number of carbonyl (C=O) groups excluding carboxylic acids is 1. The van der Waals surface area contributed by atoms with Crippen molar-refractivity contribution in [3.8, 4) is 0 Å². The molecule has 3 saturated heterocycles. The highest BCUT2D eigenvalue weighted by molar-refractivity contribution is 5.90. The number of hydrogen-bond donors (Lipinski definition) is 0. The topological polar surface area (TPSA) is 38.8 Å². The molecule has 4 heteroatoms. The molecule has 90 valence electrons. The Labute approximate surface area is 95.9 Å². The van der Waals surface area contributed by atoms with Crippen molar-refractivity contribution in [1.29, 1.82) is 0 Å². The fraction of sp³-hybridized carbons (Fsp3) is 0.917. The van der Waals surface area contributed by atoms with Crippen LogP contribution >= 0.6 is 0 Å². The van der Waals surface area contributed by atoms with E-state index in [1.165, 1.54) is 6.42 Å². The van der Waals surface area contributed by atoms with Crippen molar-refractivity contribution in [2.24, 2.45) is 0 Å². The zero-order valence-corrected chi connectivity index (χ0v) is 9.94. The number of rotatable bonds is 0. The lowest BCUT2D eigenvalue weighted by molar-refractivity contribution is -0.154. The maximum absolute atomic E-state index is 12.3. The Bertz CT molecular complexity index is 315. The molecule has 0 N–H and O–H groups in total. The molecule has 3 aliphatic heterocycles. The number of ether oxygens (including phenoxy) is 2. The Morgan fingerprint density at radius 2 is 2.12 bits per heavy atom. The van der Waals surface area contributed by atoms with Gasteiger partial charge in [0.05, 0.1) is 6.04 Å². The highest BCUT2D eigenvalue weighted by atomic mass is 16.8. The van der Waals surface area contributed by atoms with E-state index < -0.39 is 5.79 Å². The van der Waals surface area contributed by atoms with Crippen molar-refractivity contribution in [2.45, 2.75) is 57.1 Å². The van der Waals surface area contributed by atoms with Crippen molar-refractivity contribution in [3.63, 3.8) is 0 Å². The van der Waals surface area contributed by atoms with E-state index in [9.17, 15) is 4.79 Å². The maximum Gasteiger partial charge on any atom is 0.181 e. The van der Waals surface area contributed by atoms with Crippen molar-refractivity contribution in [1.82, 2.24) is 4.90 Å². The molecule has 0 amide bonds. The van der Waals surface area contributed by atoms with Crippen LogP contribution in [-0.4, -0.2) is 47.8 Å². The molecule has 0 unspecified atom stereocenters. The Hall–Kier alpha value is -0.450. The van der Waals surface area contributed by atoms with E-state index in [-0.39, 0.29) is 24.0 Å². The molecule has 3 aliphatic rings. The van der Waals surface area contributed by atoms with Crippen LogP contribution in [0.25, 0.3) is 0 Å². The van der Waals surface area contributed by atoms with Gasteiger partial charge >= 0.3 is 0 Å². The van der Waals surface area contributed by atoms with Crippen LogP contribution in [0.15, 0.2) is 0 Å². The van der Waals surface area contributed by atoms with E-state index in [1.807, 2.05) is 13.8 Å². The molecular weight excluding hydrogens is 206 g/mol. The Morgan fingerprint density at radius 3 is 2.94 bits per heavy atom. The summed E-state index contributed by atoms with van der Waals surface area (Å²) in [4.78, 5) is 14.6. The van der Waals surface area contributed by atoms with E-state index in [4.69, 9.17) is 9.47 Å². The third-order valence-corrected chi connectivity index (χ3v) is 3.82.